The summed E-state index contributed by atoms with van der Waals surface area (Å²) in [6.07, 6.45) is 3.17. The lowest BCUT2D eigenvalue weighted by Crippen LogP contribution is -2.34. The predicted octanol–water partition coefficient (Wildman–Crippen LogP) is 2.75. The largest absolute Gasteiger partial charge is 0.493 e. The molecule has 33 heavy (non-hydrogen) atoms. The van der Waals surface area contributed by atoms with E-state index < -0.39 is 17.3 Å². The molecule has 8 nitrogen and oxygen atoms in total. The van der Waals surface area contributed by atoms with Gasteiger partial charge in [0.2, 0.25) is 0 Å². The van der Waals surface area contributed by atoms with Crippen molar-refractivity contribution in [3.05, 3.63) is 52.6 Å². The van der Waals surface area contributed by atoms with E-state index in [9.17, 15) is 9.90 Å². The highest BCUT2D eigenvalue weighted by atomic mass is 19.1. The Morgan fingerprint density at radius 3 is 2.42 bits per heavy atom. The van der Waals surface area contributed by atoms with Crippen LogP contribution in [-0.4, -0.2) is 55.1 Å². The third kappa shape index (κ3) is 4.23. The number of aliphatic hydroxyl groups is 1. The van der Waals surface area contributed by atoms with Gasteiger partial charge in [0.15, 0.2) is 23.1 Å². The maximum atomic E-state index is 15.2. The first-order chi connectivity index (χ1) is 16.0. The molecule has 0 saturated carbocycles. The monoisotopic (exact) mass is 460 g/mol. The highest BCUT2D eigenvalue weighted by Gasteiger charge is 2.26. The third-order valence-corrected chi connectivity index (χ3v) is 5.92. The topological polar surface area (TPSA) is 88.8 Å². The second kappa shape index (κ2) is 9.72. The number of aliphatic hydroxyl groups excluding tert-OH is 1. The number of anilines is 2. The van der Waals surface area contributed by atoms with Crippen molar-refractivity contribution in [2.75, 3.05) is 45.4 Å². The Morgan fingerprint density at radius 1 is 1.15 bits per heavy atom. The number of benzene rings is 2. The summed E-state index contributed by atoms with van der Waals surface area (Å²) in [5.74, 6) is -2.30. The Bertz CT molecular complexity index is 1180. The highest BCUT2D eigenvalue weighted by molar-refractivity contribution is 5.83. The lowest BCUT2D eigenvalue weighted by Gasteiger charge is -2.27. The molecule has 1 aromatic heterocycles. The fourth-order valence-corrected chi connectivity index (χ4v) is 4.22. The van der Waals surface area contributed by atoms with Gasteiger partial charge in [-0.3, -0.25) is 9.36 Å². The van der Waals surface area contributed by atoms with E-state index in [1.165, 1.54) is 19.1 Å². The normalized spacial score (nSPS) is 14.5. The van der Waals surface area contributed by atoms with Crippen molar-refractivity contribution in [2.24, 2.45) is 0 Å². The molecule has 2 N–H and O–H groups in total. The molecular weight excluding hydrogens is 434 g/mol. The standard InChI is InChI=1S/C23H26F2N4O4/c1-32-18-12-19(33-2)21(25)22(20(18)24)28(9-10-30)15-3-4-17-16(11-15)23(31)29(13-27-17)14-5-7-26-8-6-14/h3-4,11-14,26,30H,5-10H2,1-2H3. The number of fused-ring (bicyclic) bond motifs is 1. The molecule has 0 bridgehead atoms. The van der Waals surface area contributed by atoms with E-state index in [4.69, 9.17) is 9.47 Å². The molecule has 0 radical (unpaired) electrons. The summed E-state index contributed by atoms with van der Waals surface area (Å²) in [5, 5.41) is 13.2. The van der Waals surface area contributed by atoms with Crippen molar-refractivity contribution >= 4 is 22.3 Å². The number of halogens is 2. The molecule has 1 fully saturated rings. The van der Waals surface area contributed by atoms with E-state index in [0.717, 1.165) is 32.0 Å². The molecule has 0 atom stereocenters. The van der Waals surface area contributed by atoms with Gasteiger partial charge in [-0.15, -0.1) is 0 Å². The fraction of sp³-hybridized carbons (Fsp3) is 0.391. The summed E-state index contributed by atoms with van der Waals surface area (Å²) in [7, 11) is 2.53. The minimum atomic E-state index is -0.942. The molecule has 10 heteroatoms. The van der Waals surface area contributed by atoms with Gasteiger partial charge in [-0.1, -0.05) is 0 Å². The molecule has 0 aliphatic carbocycles. The lowest BCUT2D eigenvalue weighted by atomic mass is 10.1. The van der Waals surface area contributed by atoms with Crippen LogP contribution >= 0.6 is 0 Å². The third-order valence-electron chi connectivity index (χ3n) is 5.92. The smallest absolute Gasteiger partial charge is 0.261 e. The minimum Gasteiger partial charge on any atom is -0.493 e. The van der Waals surface area contributed by atoms with Crippen LogP contribution in [0.3, 0.4) is 0 Å². The molecule has 0 unspecified atom stereocenters. The van der Waals surface area contributed by atoms with Gasteiger partial charge in [0.1, 0.15) is 5.69 Å². The number of hydrogen-bond acceptors (Lipinski definition) is 7. The quantitative estimate of drug-likeness (QED) is 0.561. The Morgan fingerprint density at radius 2 is 1.82 bits per heavy atom. The van der Waals surface area contributed by atoms with Crippen molar-refractivity contribution in [3.63, 3.8) is 0 Å². The van der Waals surface area contributed by atoms with Crippen LogP contribution in [0.5, 0.6) is 11.5 Å². The van der Waals surface area contributed by atoms with E-state index in [-0.39, 0.29) is 36.3 Å². The van der Waals surface area contributed by atoms with Crippen molar-refractivity contribution in [1.29, 1.82) is 0 Å². The Balaban J connectivity index is 1.87. The minimum absolute atomic E-state index is 0.0328. The van der Waals surface area contributed by atoms with Crippen molar-refractivity contribution < 1.29 is 23.4 Å². The van der Waals surface area contributed by atoms with Crippen LogP contribution in [0.4, 0.5) is 20.2 Å². The molecule has 0 spiro atoms. The van der Waals surface area contributed by atoms with Crippen LogP contribution in [0.2, 0.25) is 0 Å². The number of piperidine rings is 1. The predicted molar refractivity (Wildman–Crippen MR) is 121 cm³/mol. The number of nitrogens with zero attached hydrogens (tertiary/aromatic N) is 3. The van der Waals surface area contributed by atoms with Gasteiger partial charge >= 0.3 is 0 Å². The zero-order valence-corrected chi connectivity index (χ0v) is 18.5. The summed E-state index contributed by atoms with van der Waals surface area (Å²) in [6, 6.07) is 5.92. The fourth-order valence-electron chi connectivity index (χ4n) is 4.22. The number of hydrogen-bond donors (Lipinski definition) is 2. The summed E-state index contributed by atoms with van der Waals surface area (Å²) >= 11 is 0. The summed E-state index contributed by atoms with van der Waals surface area (Å²) in [5.41, 5.74) is 0.137. The van der Waals surface area contributed by atoms with Crippen molar-refractivity contribution in [3.8, 4) is 11.5 Å². The van der Waals surface area contributed by atoms with Gasteiger partial charge < -0.3 is 24.8 Å². The number of rotatable bonds is 7. The number of nitrogens with one attached hydrogen (secondary N) is 1. The molecule has 4 rings (SSSR count). The van der Waals surface area contributed by atoms with E-state index in [1.54, 1.807) is 29.1 Å². The van der Waals surface area contributed by atoms with Gasteiger partial charge in [0.25, 0.3) is 5.56 Å². The summed E-state index contributed by atoms with van der Waals surface area (Å²) < 4.78 is 42.1. The lowest BCUT2D eigenvalue weighted by molar-refractivity contribution is 0.304. The van der Waals surface area contributed by atoms with Crippen LogP contribution in [-0.2, 0) is 0 Å². The second-order valence-electron chi connectivity index (χ2n) is 7.77. The number of ether oxygens (including phenoxy) is 2. The summed E-state index contributed by atoms with van der Waals surface area (Å²) in [4.78, 5) is 19.0. The van der Waals surface area contributed by atoms with Crippen molar-refractivity contribution in [1.82, 2.24) is 14.9 Å². The van der Waals surface area contributed by atoms with E-state index >= 15 is 8.78 Å². The van der Waals surface area contributed by atoms with Crippen molar-refractivity contribution in [2.45, 2.75) is 18.9 Å². The Kier molecular flexibility index (Phi) is 6.75. The number of methoxy groups -OCH3 is 2. The Labute approximate surface area is 189 Å². The van der Waals surface area contributed by atoms with Crippen LogP contribution in [0, 0.1) is 11.6 Å². The molecule has 1 aliphatic heterocycles. The maximum Gasteiger partial charge on any atom is 0.261 e. The summed E-state index contributed by atoms with van der Waals surface area (Å²) in [6.45, 7) is 1.12. The van der Waals surface area contributed by atoms with E-state index in [1.807, 2.05) is 0 Å². The first-order valence-corrected chi connectivity index (χ1v) is 10.7. The van der Waals surface area contributed by atoms with Crippen LogP contribution in [0.1, 0.15) is 18.9 Å². The maximum absolute atomic E-state index is 15.2. The van der Waals surface area contributed by atoms with E-state index in [2.05, 4.69) is 10.3 Å². The molecule has 2 aromatic carbocycles. The SMILES string of the molecule is COc1cc(OC)c(F)c(N(CCO)c2ccc3ncn(C4CCNCC4)c(=O)c3c2)c1F. The molecular formula is C23H26F2N4O4. The zero-order chi connectivity index (χ0) is 23.5. The average Bonchev–Trinajstić information content (AvgIpc) is 2.84. The van der Waals surface area contributed by atoms with Crippen LogP contribution in [0.25, 0.3) is 10.9 Å². The van der Waals surface area contributed by atoms with E-state index in [0.29, 0.717) is 16.6 Å². The van der Waals surface area contributed by atoms with Gasteiger partial charge in [0.05, 0.1) is 38.1 Å². The van der Waals surface area contributed by atoms with Gasteiger partial charge in [-0.2, -0.15) is 0 Å². The van der Waals surface area contributed by atoms with Crippen LogP contribution in [0.15, 0.2) is 35.4 Å². The highest BCUT2D eigenvalue weighted by Crippen LogP contribution is 2.40. The molecule has 1 aliphatic rings. The molecule has 3 aromatic rings. The molecule has 1 saturated heterocycles. The number of aromatic nitrogens is 2. The molecule has 0 amide bonds. The zero-order valence-electron chi connectivity index (χ0n) is 18.5. The average molecular weight is 460 g/mol. The second-order valence-corrected chi connectivity index (χ2v) is 7.77. The van der Waals surface area contributed by atoms with Crippen LogP contribution < -0.4 is 25.2 Å². The Hall–Kier alpha value is -3.24. The first kappa shape index (κ1) is 22.9. The molecule has 176 valence electrons. The van der Waals surface area contributed by atoms with Gasteiger partial charge in [-0.25, -0.2) is 13.8 Å². The van der Waals surface area contributed by atoms with Gasteiger partial charge in [-0.05, 0) is 44.1 Å². The van der Waals surface area contributed by atoms with Gasteiger partial charge in [0, 0.05) is 24.3 Å². The molecule has 2 heterocycles. The first-order valence-electron chi connectivity index (χ1n) is 10.7.